The Kier molecular flexibility index (Phi) is 8.16. The van der Waals surface area contributed by atoms with Crippen molar-refractivity contribution in [3.05, 3.63) is 89.2 Å². The first-order valence-corrected chi connectivity index (χ1v) is 13.8. The van der Waals surface area contributed by atoms with Crippen LogP contribution in [0, 0.1) is 18.6 Å². The number of aryl methyl sites for hydroxylation is 2. The molecule has 0 saturated heterocycles. The van der Waals surface area contributed by atoms with Crippen LogP contribution in [-0.4, -0.2) is 50.1 Å². The third-order valence-corrected chi connectivity index (χ3v) is 6.83. The lowest BCUT2D eigenvalue weighted by atomic mass is 10.1. The fraction of sp³-hybridized carbons (Fsp3) is 0.312. The monoisotopic (exact) mass is 590 g/mol. The molecule has 0 fully saturated rings. The predicted octanol–water partition coefficient (Wildman–Crippen LogP) is 6.74. The highest BCUT2D eigenvalue weighted by atomic mass is 19.2. The van der Waals surface area contributed by atoms with Gasteiger partial charge in [-0.15, -0.1) is 0 Å². The van der Waals surface area contributed by atoms with Crippen molar-refractivity contribution in [2.45, 2.75) is 46.3 Å². The van der Waals surface area contributed by atoms with Gasteiger partial charge in [0.1, 0.15) is 16.9 Å². The van der Waals surface area contributed by atoms with Crippen LogP contribution < -0.4 is 4.74 Å². The number of fused-ring (bicyclic) bond motifs is 2. The van der Waals surface area contributed by atoms with E-state index < -0.39 is 29.1 Å². The van der Waals surface area contributed by atoms with Crippen molar-refractivity contribution in [2.75, 3.05) is 13.2 Å². The summed E-state index contributed by atoms with van der Waals surface area (Å²) in [5, 5.41) is 0.626. The van der Waals surface area contributed by atoms with Crippen molar-refractivity contribution >= 4 is 33.9 Å². The average Bonchev–Trinajstić information content (AvgIpc) is 3.46. The Labute approximate surface area is 247 Å². The molecule has 0 bridgehead atoms. The van der Waals surface area contributed by atoms with Gasteiger partial charge in [0.05, 0.1) is 29.6 Å². The van der Waals surface area contributed by atoms with E-state index in [0.717, 1.165) is 17.7 Å². The minimum Gasteiger partial charge on any atom is -0.493 e. The van der Waals surface area contributed by atoms with Crippen molar-refractivity contribution in [1.29, 1.82) is 0 Å². The average molecular weight is 591 g/mol. The summed E-state index contributed by atoms with van der Waals surface area (Å²) in [7, 11) is 1.56. The van der Waals surface area contributed by atoms with E-state index in [9.17, 15) is 18.4 Å². The third-order valence-electron chi connectivity index (χ3n) is 6.83. The van der Waals surface area contributed by atoms with Gasteiger partial charge in [0.25, 0.3) is 5.78 Å². The van der Waals surface area contributed by atoms with Gasteiger partial charge >= 0.3 is 6.09 Å². The standard InChI is InChI=1S/C32H32F2N4O5/c1-19-27-25(41-14-8-13-38(31(40)43-32(2,3)4)18-20-9-7-12-35-17-20)10-6-11-26(27)42-29(19)28(39)30-36-23-15-21(33)22(34)16-24(23)37(30)5/h6-7,9-12,15-17H,8,13-14,18H2,1-5H3. The van der Waals surface area contributed by atoms with Crippen LogP contribution in [-0.2, 0) is 18.3 Å². The number of amides is 1. The van der Waals surface area contributed by atoms with Crippen LogP contribution >= 0.6 is 0 Å². The summed E-state index contributed by atoms with van der Waals surface area (Å²) >= 11 is 0. The van der Waals surface area contributed by atoms with Crippen LogP contribution in [0.25, 0.3) is 22.0 Å². The van der Waals surface area contributed by atoms with Crippen molar-refractivity contribution < 1.29 is 32.3 Å². The normalized spacial score (nSPS) is 11.7. The van der Waals surface area contributed by atoms with E-state index in [1.807, 2.05) is 32.9 Å². The highest BCUT2D eigenvalue weighted by Gasteiger charge is 2.26. The van der Waals surface area contributed by atoms with Crippen LogP contribution in [0.1, 0.15) is 54.7 Å². The molecule has 43 heavy (non-hydrogen) atoms. The van der Waals surface area contributed by atoms with Crippen molar-refractivity contribution in [3.63, 3.8) is 0 Å². The van der Waals surface area contributed by atoms with Gasteiger partial charge in [-0.1, -0.05) is 12.1 Å². The first-order valence-electron chi connectivity index (χ1n) is 13.8. The Morgan fingerprint density at radius 2 is 1.86 bits per heavy atom. The number of halogens is 2. The lowest BCUT2D eigenvalue weighted by Gasteiger charge is -2.27. The molecule has 0 aliphatic rings. The molecule has 3 aromatic heterocycles. The molecule has 2 aromatic carbocycles. The van der Waals surface area contributed by atoms with Crippen molar-refractivity contribution in [2.24, 2.45) is 7.05 Å². The summed E-state index contributed by atoms with van der Waals surface area (Å²) in [5.74, 6) is -2.04. The highest BCUT2D eigenvalue weighted by molar-refractivity contribution is 6.10. The second-order valence-electron chi connectivity index (χ2n) is 11.2. The number of hydrogen-bond acceptors (Lipinski definition) is 7. The summed E-state index contributed by atoms with van der Waals surface area (Å²) < 4.78 is 46.6. The van der Waals surface area contributed by atoms with Gasteiger partial charge in [-0.2, -0.15) is 0 Å². The summed E-state index contributed by atoms with van der Waals surface area (Å²) in [4.78, 5) is 36.4. The first-order chi connectivity index (χ1) is 20.4. The van der Waals surface area contributed by atoms with Crippen LogP contribution in [0.2, 0.25) is 0 Å². The molecule has 5 aromatic rings. The number of pyridine rings is 1. The van der Waals surface area contributed by atoms with Crippen LogP contribution in [0.5, 0.6) is 5.75 Å². The fourth-order valence-electron chi connectivity index (χ4n) is 4.81. The molecule has 0 atom stereocenters. The van der Waals surface area contributed by atoms with E-state index in [-0.39, 0.29) is 29.2 Å². The van der Waals surface area contributed by atoms with Gasteiger partial charge in [0.2, 0.25) is 0 Å². The number of aromatic nitrogens is 3. The third kappa shape index (κ3) is 6.35. The Hall–Kier alpha value is -4.80. The van der Waals surface area contributed by atoms with Gasteiger partial charge in [0.15, 0.2) is 23.2 Å². The molecular weight excluding hydrogens is 558 g/mol. The number of ether oxygens (including phenoxy) is 2. The molecule has 1 amide bonds. The molecule has 224 valence electrons. The number of carbonyl (C=O) groups excluding carboxylic acids is 2. The summed E-state index contributed by atoms with van der Waals surface area (Å²) in [6.45, 7) is 8.19. The van der Waals surface area contributed by atoms with E-state index in [1.165, 1.54) is 4.57 Å². The number of hydrogen-bond donors (Lipinski definition) is 0. The number of nitrogens with zero attached hydrogens (tertiary/aromatic N) is 4. The molecule has 0 unspecified atom stereocenters. The molecule has 0 aliphatic heterocycles. The number of ketones is 1. The molecule has 11 heteroatoms. The quantitative estimate of drug-likeness (QED) is 0.138. The van der Waals surface area contributed by atoms with Gasteiger partial charge < -0.3 is 23.4 Å². The maximum Gasteiger partial charge on any atom is 0.410 e. The number of carbonyl (C=O) groups is 2. The lowest BCUT2D eigenvalue weighted by Crippen LogP contribution is -2.37. The van der Waals surface area contributed by atoms with Gasteiger partial charge in [-0.3, -0.25) is 9.78 Å². The number of benzene rings is 2. The highest BCUT2D eigenvalue weighted by Crippen LogP contribution is 2.34. The topological polar surface area (TPSA) is 99.7 Å². The Bertz CT molecular complexity index is 1810. The predicted molar refractivity (Wildman–Crippen MR) is 156 cm³/mol. The Morgan fingerprint density at radius 3 is 2.58 bits per heavy atom. The SMILES string of the molecule is Cc1c(C(=O)c2nc3cc(F)c(F)cc3n2C)oc2cccc(OCCCN(Cc3cccnc3)C(=O)OC(C)(C)C)c12. The minimum absolute atomic E-state index is 0.0134. The molecule has 3 heterocycles. The van der Waals surface area contributed by atoms with Crippen molar-refractivity contribution in [3.8, 4) is 5.75 Å². The molecule has 9 nitrogen and oxygen atoms in total. The number of furan rings is 1. The summed E-state index contributed by atoms with van der Waals surface area (Å²) in [5.41, 5.74) is 1.67. The maximum atomic E-state index is 13.8. The van der Waals surface area contributed by atoms with E-state index in [2.05, 4.69) is 9.97 Å². The maximum absolute atomic E-state index is 13.8. The van der Waals surface area contributed by atoms with E-state index in [0.29, 0.717) is 41.8 Å². The molecular formula is C32H32F2N4O5. The largest absolute Gasteiger partial charge is 0.493 e. The zero-order chi connectivity index (χ0) is 30.9. The molecule has 5 rings (SSSR count). The number of rotatable bonds is 9. The van der Waals surface area contributed by atoms with E-state index in [4.69, 9.17) is 13.9 Å². The Morgan fingerprint density at radius 1 is 1.09 bits per heavy atom. The second kappa shape index (κ2) is 11.8. The zero-order valence-corrected chi connectivity index (χ0v) is 24.6. The van der Waals surface area contributed by atoms with E-state index in [1.54, 1.807) is 49.5 Å². The van der Waals surface area contributed by atoms with Crippen molar-refractivity contribution in [1.82, 2.24) is 19.4 Å². The molecule has 0 N–H and O–H groups in total. The smallest absolute Gasteiger partial charge is 0.410 e. The molecule has 0 aliphatic carbocycles. The Balaban J connectivity index is 1.32. The summed E-state index contributed by atoms with van der Waals surface area (Å²) in [6, 6.07) is 10.9. The minimum atomic E-state index is -1.04. The summed E-state index contributed by atoms with van der Waals surface area (Å²) in [6.07, 6.45) is 3.46. The first kappa shape index (κ1) is 29.7. The lowest BCUT2D eigenvalue weighted by molar-refractivity contribution is 0.0225. The second-order valence-corrected chi connectivity index (χ2v) is 11.2. The van der Waals surface area contributed by atoms with Crippen LogP contribution in [0.15, 0.2) is 59.3 Å². The number of imidazole rings is 1. The fourth-order valence-corrected chi connectivity index (χ4v) is 4.81. The van der Waals surface area contributed by atoms with Crippen LogP contribution in [0.4, 0.5) is 13.6 Å². The van der Waals surface area contributed by atoms with Gasteiger partial charge in [0, 0.05) is 43.7 Å². The van der Waals surface area contributed by atoms with Gasteiger partial charge in [-0.25, -0.2) is 18.6 Å². The molecule has 0 spiro atoms. The zero-order valence-electron chi connectivity index (χ0n) is 24.6. The van der Waals surface area contributed by atoms with Crippen LogP contribution in [0.3, 0.4) is 0 Å². The molecule has 0 radical (unpaired) electrons. The van der Waals surface area contributed by atoms with E-state index >= 15 is 0 Å². The molecule has 0 saturated carbocycles. The van der Waals surface area contributed by atoms with Gasteiger partial charge in [-0.05, 0) is 57.9 Å².